The molecule has 0 aromatic heterocycles. The predicted octanol–water partition coefficient (Wildman–Crippen LogP) is 2.60. The summed E-state index contributed by atoms with van der Waals surface area (Å²) in [5, 5.41) is 2.94. The van der Waals surface area contributed by atoms with Gasteiger partial charge in [0, 0.05) is 25.6 Å². The van der Waals surface area contributed by atoms with E-state index in [1.807, 2.05) is 0 Å². The third-order valence-electron chi connectivity index (χ3n) is 5.87. The molecule has 154 valence electrons. The van der Waals surface area contributed by atoms with Crippen molar-refractivity contribution < 1.29 is 14.0 Å². The Kier molecular flexibility index (Phi) is 7.83. The Morgan fingerprint density at radius 3 is 2.25 bits per heavy atom. The van der Waals surface area contributed by atoms with Gasteiger partial charge in [0.2, 0.25) is 11.8 Å². The van der Waals surface area contributed by atoms with Crippen LogP contribution in [-0.2, 0) is 16.0 Å². The summed E-state index contributed by atoms with van der Waals surface area (Å²) in [6.07, 6.45) is 7.11. The monoisotopic (exact) mass is 389 g/mol. The highest BCUT2D eigenvalue weighted by molar-refractivity contribution is 5.79. The second kappa shape index (κ2) is 10.6. The Morgan fingerprint density at radius 1 is 0.964 bits per heavy atom. The van der Waals surface area contributed by atoms with E-state index in [1.165, 1.54) is 25.0 Å². The topological polar surface area (TPSA) is 52.7 Å². The van der Waals surface area contributed by atoms with Crippen molar-refractivity contribution in [3.05, 3.63) is 35.6 Å². The summed E-state index contributed by atoms with van der Waals surface area (Å²) < 4.78 is 12.9. The van der Waals surface area contributed by atoms with Crippen LogP contribution in [0.4, 0.5) is 4.39 Å². The highest BCUT2D eigenvalue weighted by Gasteiger charge is 2.29. The predicted molar refractivity (Wildman–Crippen MR) is 107 cm³/mol. The van der Waals surface area contributed by atoms with Crippen molar-refractivity contribution in [2.45, 2.75) is 44.9 Å². The largest absolute Gasteiger partial charge is 0.355 e. The summed E-state index contributed by atoms with van der Waals surface area (Å²) in [6, 6.07) is 6.36. The molecule has 3 rings (SSSR count). The van der Waals surface area contributed by atoms with Crippen LogP contribution in [0.1, 0.15) is 44.1 Å². The summed E-state index contributed by atoms with van der Waals surface area (Å²) in [4.78, 5) is 29.1. The third-order valence-corrected chi connectivity index (χ3v) is 5.87. The molecule has 2 aliphatic rings. The molecular formula is C22H32FN3O2. The van der Waals surface area contributed by atoms with Crippen LogP contribution in [-0.4, -0.2) is 60.9 Å². The molecule has 2 saturated heterocycles. The summed E-state index contributed by atoms with van der Waals surface area (Å²) in [7, 11) is 0. The Bertz CT molecular complexity index is 634. The van der Waals surface area contributed by atoms with Gasteiger partial charge in [-0.15, -0.1) is 0 Å². The number of benzene rings is 1. The van der Waals surface area contributed by atoms with Gasteiger partial charge in [-0.1, -0.05) is 25.0 Å². The van der Waals surface area contributed by atoms with Crippen molar-refractivity contribution in [1.82, 2.24) is 15.1 Å². The maximum Gasteiger partial charge on any atom is 0.234 e. The van der Waals surface area contributed by atoms with Crippen LogP contribution in [0.3, 0.4) is 0 Å². The van der Waals surface area contributed by atoms with Crippen LogP contribution in [0.25, 0.3) is 0 Å². The van der Waals surface area contributed by atoms with Gasteiger partial charge in [0.1, 0.15) is 5.82 Å². The van der Waals surface area contributed by atoms with Crippen LogP contribution in [0.5, 0.6) is 0 Å². The van der Waals surface area contributed by atoms with Gasteiger partial charge < -0.3 is 10.2 Å². The van der Waals surface area contributed by atoms with Crippen molar-refractivity contribution in [2.24, 2.45) is 5.92 Å². The molecule has 1 aromatic rings. The molecule has 1 N–H and O–H groups in total. The lowest BCUT2D eigenvalue weighted by Crippen LogP contribution is -2.45. The SMILES string of the molecule is O=C(CN1CCC(C(=O)N2CCCCCC2)CC1)NCCc1ccc(F)cc1. The number of amides is 2. The van der Waals surface area contributed by atoms with Gasteiger partial charge in [0.25, 0.3) is 0 Å². The van der Waals surface area contributed by atoms with E-state index < -0.39 is 0 Å². The number of piperidine rings is 1. The number of nitrogens with one attached hydrogen (secondary N) is 1. The fourth-order valence-corrected chi connectivity index (χ4v) is 4.14. The fraction of sp³-hybridized carbons (Fsp3) is 0.636. The number of carbonyl (C=O) groups is 2. The van der Waals surface area contributed by atoms with E-state index in [1.54, 1.807) is 12.1 Å². The highest BCUT2D eigenvalue weighted by atomic mass is 19.1. The zero-order valence-corrected chi connectivity index (χ0v) is 16.7. The van der Waals surface area contributed by atoms with Crippen molar-refractivity contribution in [1.29, 1.82) is 0 Å². The number of hydrogen-bond acceptors (Lipinski definition) is 3. The van der Waals surface area contributed by atoms with E-state index in [2.05, 4.69) is 15.1 Å². The maximum absolute atomic E-state index is 12.9. The van der Waals surface area contributed by atoms with Crippen molar-refractivity contribution in [2.75, 3.05) is 39.3 Å². The first kappa shape index (κ1) is 20.8. The smallest absolute Gasteiger partial charge is 0.234 e. The maximum atomic E-state index is 12.9. The van der Waals surface area contributed by atoms with Gasteiger partial charge in [-0.3, -0.25) is 14.5 Å². The van der Waals surface area contributed by atoms with Crippen molar-refractivity contribution >= 4 is 11.8 Å². The Hall–Kier alpha value is -1.95. The highest BCUT2D eigenvalue weighted by Crippen LogP contribution is 2.21. The number of halogens is 1. The Labute approximate surface area is 167 Å². The van der Waals surface area contributed by atoms with Crippen molar-refractivity contribution in [3.8, 4) is 0 Å². The summed E-state index contributed by atoms with van der Waals surface area (Å²) in [6.45, 7) is 4.36. The lowest BCUT2D eigenvalue weighted by atomic mass is 9.95. The number of likely N-dealkylation sites (tertiary alicyclic amines) is 2. The van der Waals surface area contributed by atoms with Crippen LogP contribution < -0.4 is 5.32 Å². The van der Waals surface area contributed by atoms with Gasteiger partial charge in [-0.2, -0.15) is 0 Å². The first-order chi connectivity index (χ1) is 13.6. The van der Waals surface area contributed by atoms with Gasteiger partial charge in [0.15, 0.2) is 0 Å². The van der Waals surface area contributed by atoms with Gasteiger partial charge >= 0.3 is 0 Å². The van der Waals surface area contributed by atoms with Crippen LogP contribution >= 0.6 is 0 Å². The molecule has 2 heterocycles. The zero-order chi connectivity index (χ0) is 19.8. The number of rotatable bonds is 6. The van der Waals surface area contributed by atoms with E-state index in [9.17, 15) is 14.0 Å². The van der Waals surface area contributed by atoms with E-state index in [0.29, 0.717) is 25.4 Å². The molecule has 0 unspecified atom stereocenters. The number of nitrogens with zero attached hydrogens (tertiary/aromatic N) is 2. The van der Waals surface area contributed by atoms with E-state index in [0.717, 1.165) is 57.4 Å². The molecule has 0 saturated carbocycles. The molecule has 2 aliphatic heterocycles. The first-order valence-corrected chi connectivity index (χ1v) is 10.6. The second-order valence-electron chi connectivity index (χ2n) is 8.02. The van der Waals surface area contributed by atoms with E-state index >= 15 is 0 Å². The average molecular weight is 390 g/mol. The fourth-order valence-electron chi connectivity index (χ4n) is 4.14. The zero-order valence-electron chi connectivity index (χ0n) is 16.7. The lowest BCUT2D eigenvalue weighted by molar-refractivity contribution is -0.137. The van der Waals surface area contributed by atoms with Crippen LogP contribution in [0.15, 0.2) is 24.3 Å². The molecule has 1 aromatic carbocycles. The molecular weight excluding hydrogens is 357 g/mol. The summed E-state index contributed by atoms with van der Waals surface area (Å²) in [5.74, 6) is 0.214. The van der Waals surface area contributed by atoms with Gasteiger partial charge in [-0.25, -0.2) is 4.39 Å². The molecule has 6 heteroatoms. The minimum Gasteiger partial charge on any atom is -0.355 e. The normalized spacial score (nSPS) is 19.2. The molecule has 0 radical (unpaired) electrons. The molecule has 5 nitrogen and oxygen atoms in total. The Balaban J connectivity index is 1.33. The number of hydrogen-bond donors (Lipinski definition) is 1. The Morgan fingerprint density at radius 2 is 1.61 bits per heavy atom. The minimum absolute atomic E-state index is 0.0133. The summed E-state index contributed by atoms with van der Waals surface area (Å²) >= 11 is 0. The van der Waals surface area contributed by atoms with Crippen molar-refractivity contribution in [3.63, 3.8) is 0 Å². The molecule has 0 atom stereocenters. The minimum atomic E-state index is -0.245. The third kappa shape index (κ3) is 6.30. The molecule has 0 bridgehead atoms. The van der Waals surface area contributed by atoms with Crippen LogP contribution in [0, 0.1) is 11.7 Å². The first-order valence-electron chi connectivity index (χ1n) is 10.6. The van der Waals surface area contributed by atoms with Gasteiger partial charge in [0.05, 0.1) is 6.54 Å². The van der Waals surface area contributed by atoms with E-state index in [4.69, 9.17) is 0 Å². The molecule has 0 spiro atoms. The quantitative estimate of drug-likeness (QED) is 0.814. The molecule has 2 amide bonds. The number of carbonyl (C=O) groups excluding carboxylic acids is 2. The van der Waals surface area contributed by atoms with Gasteiger partial charge in [-0.05, 0) is 62.9 Å². The molecule has 0 aliphatic carbocycles. The van der Waals surface area contributed by atoms with Crippen LogP contribution in [0.2, 0.25) is 0 Å². The van der Waals surface area contributed by atoms with E-state index in [-0.39, 0.29) is 17.6 Å². The lowest BCUT2D eigenvalue weighted by Gasteiger charge is -2.33. The standard InChI is InChI=1S/C22H32FN3O2/c23-20-7-5-18(6-8-20)9-12-24-21(27)17-25-15-10-19(11-16-25)22(28)26-13-3-1-2-4-14-26/h5-8,19H,1-4,9-17H2,(H,24,27). The second-order valence-corrected chi connectivity index (χ2v) is 8.02. The molecule has 28 heavy (non-hydrogen) atoms. The average Bonchev–Trinajstić information content (AvgIpc) is 2.99. The summed E-state index contributed by atoms with van der Waals surface area (Å²) in [5.41, 5.74) is 1.01. The molecule has 2 fully saturated rings.